The summed E-state index contributed by atoms with van der Waals surface area (Å²) in [4.78, 5) is 11.4. The second-order valence-electron chi connectivity index (χ2n) is 7.99. The Kier molecular flexibility index (Phi) is 3.21. The summed E-state index contributed by atoms with van der Waals surface area (Å²) in [6.07, 6.45) is 6.25. The van der Waals surface area contributed by atoms with Crippen molar-refractivity contribution >= 4 is 6.09 Å². The minimum absolute atomic E-state index is 0.148. The Morgan fingerprint density at radius 1 is 1.00 bits per heavy atom. The summed E-state index contributed by atoms with van der Waals surface area (Å²) < 4.78 is 5.53. The molecule has 0 heterocycles. The molecule has 2 N–H and O–H groups in total. The standard InChI is InChI=1S/C22H23NO2/c23-21(24)25-20-19-8-7-17(13-18(19)9-10-22(20)11-12-22)16-5-3-15(4-6-16)14-1-2-14/h3-8,13-14,20H,1-2,9-12H2,(H2,23,24). The highest BCUT2D eigenvalue weighted by atomic mass is 16.6. The topological polar surface area (TPSA) is 52.3 Å². The maximum Gasteiger partial charge on any atom is 0.405 e. The first-order valence-electron chi connectivity index (χ1n) is 9.34. The first-order chi connectivity index (χ1) is 12.1. The summed E-state index contributed by atoms with van der Waals surface area (Å²) in [5.74, 6) is 0.791. The van der Waals surface area contributed by atoms with Gasteiger partial charge in [-0.15, -0.1) is 0 Å². The molecule has 0 radical (unpaired) electrons. The minimum Gasteiger partial charge on any atom is -0.441 e. The summed E-state index contributed by atoms with van der Waals surface area (Å²) in [7, 11) is 0. The Hall–Kier alpha value is -2.29. The van der Waals surface area contributed by atoms with Gasteiger partial charge in [-0.05, 0) is 72.3 Å². The number of rotatable bonds is 3. The molecule has 2 fully saturated rings. The zero-order chi connectivity index (χ0) is 17.0. The summed E-state index contributed by atoms with van der Waals surface area (Å²) >= 11 is 0. The van der Waals surface area contributed by atoms with E-state index in [1.807, 2.05) is 0 Å². The van der Waals surface area contributed by atoms with Crippen molar-refractivity contribution in [3.63, 3.8) is 0 Å². The average Bonchev–Trinajstić information content (AvgIpc) is 3.53. The van der Waals surface area contributed by atoms with Crippen LogP contribution in [0.15, 0.2) is 42.5 Å². The molecule has 3 nitrogen and oxygen atoms in total. The number of benzene rings is 2. The zero-order valence-corrected chi connectivity index (χ0v) is 14.3. The van der Waals surface area contributed by atoms with E-state index in [1.54, 1.807) is 0 Å². The van der Waals surface area contributed by atoms with E-state index < -0.39 is 6.09 Å². The lowest BCUT2D eigenvalue weighted by Crippen LogP contribution is -2.28. The van der Waals surface area contributed by atoms with Crippen LogP contribution in [0.2, 0.25) is 0 Å². The molecule has 0 saturated heterocycles. The molecule has 1 unspecified atom stereocenters. The molecule has 2 aromatic rings. The molecule has 3 aliphatic carbocycles. The van der Waals surface area contributed by atoms with Gasteiger partial charge in [-0.3, -0.25) is 0 Å². The zero-order valence-electron chi connectivity index (χ0n) is 14.3. The number of amides is 1. The van der Waals surface area contributed by atoms with Gasteiger partial charge in [0.05, 0.1) is 0 Å². The van der Waals surface area contributed by atoms with Crippen LogP contribution in [0.25, 0.3) is 11.1 Å². The number of aryl methyl sites for hydroxylation is 1. The molecule has 128 valence electrons. The van der Waals surface area contributed by atoms with Gasteiger partial charge >= 0.3 is 6.09 Å². The third kappa shape index (κ3) is 2.62. The normalized spacial score (nSPS) is 23.1. The molecule has 0 aliphatic heterocycles. The van der Waals surface area contributed by atoms with Crippen molar-refractivity contribution in [3.8, 4) is 11.1 Å². The second-order valence-corrected chi connectivity index (χ2v) is 7.99. The second kappa shape index (κ2) is 5.35. The predicted molar refractivity (Wildman–Crippen MR) is 97.3 cm³/mol. The summed E-state index contributed by atoms with van der Waals surface area (Å²) in [5, 5.41) is 0. The van der Waals surface area contributed by atoms with Gasteiger partial charge in [-0.25, -0.2) is 4.79 Å². The number of primary amides is 1. The van der Waals surface area contributed by atoms with Gasteiger partial charge in [0.25, 0.3) is 0 Å². The molecule has 1 amide bonds. The molecule has 0 aromatic heterocycles. The molecule has 3 aliphatic rings. The summed E-state index contributed by atoms with van der Waals surface area (Å²) in [6.45, 7) is 0. The van der Waals surface area contributed by atoms with E-state index in [0.29, 0.717) is 0 Å². The Morgan fingerprint density at radius 3 is 2.36 bits per heavy atom. The third-order valence-corrected chi connectivity index (χ3v) is 6.29. The highest BCUT2D eigenvalue weighted by Gasteiger charge is 2.54. The van der Waals surface area contributed by atoms with Crippen molar-refractivity contribution in [2.75, 3.05) is 0 Å². The summed E-state index contributed by atoms with van der Waals surface area (Å²) in [5.41, 5.74) is 11.9. The monoisotopic (exact) mass is 333 g/mol. The van der Waals surface area contributed by atoms with Crippen LogP contribution in [0.1, 0.15) is 60.8 Å². The maximum atomic E-state index is 11.4. The Balaban J connectivity index is 1.47. The first-order valence-corrected chi connectivity index (χ1v) is 9.34. The number of hydrogen-bond donors (Lipinski definition) is 1. The lowest BCUT2D eigenvalue weighted by Gasteiger charge is -2.33. The van der Waals surface area contributed by atoms with Gasteiger partial charge in [0.15, 0.2) is 0 Å². The number of nitrogens with two attached hydrogens (primary N) is 1. The minimum atomic E-state index is -0.663. The molecule has 25 heavy (non-hydrogen) atoms. The van der Waals surface area contributed by atoms with Crippen LogP contribution in [-0.2, 0) is 11.2 Å². The largest absolute Gasteiger partial charge is 0.441 e. The van der Waals surface area contributed by atoms with Gasteiger partial charge in [0.1, 0.15) is 6.10 Å². The van der Waals surface area contributed by atoms with Crippen molar-refractivity contribution in [3.05, 3.63) is 59.2 Å². The molecule has 5 rings (SSSR count). The van der Waals surface area contributed by atoms with E-state index in [-0.39, 0.29) is 11.5 Å². The fourth-order valence-corrected chi connectivity index (χ4v) is 4.44. The van der Waals surface area contributed by atoms with Gasteiger partial charge < -0.3 is 10.5 Å². The quantitative estimate of drug-likeness (QED) is 0.850. The molecule has 2 aromatic carbocycles. The van der Waals surface area contributed by atoms with Crippen molar-refractivity contribution in [2.45, 2.75) is 50.5 Å². The van der Waals surface area contributed by atoms with E-state index in [0.717, 1.165) is 37.2 Å². The van der Waals surface area contributed by atoms with E-state index >= 15 is 0 Å². The predicted octanol–water partition coefficient (Wildman–Crippen LogP) is 5.09. The van der Waals surface area contributed by atoms with Crippen molar-refractivity contribution in [1.82, 2.24) is 0 Å². The lowest BCUT2D eigenvalue weighted by molar-refractivity contribution is 0.0471. The van der Waals surface area contributed by atoms with Crippen LogP contribution in [-0.4, -0.2) is 6.09 Å². The van der Waals surface area contributed by atoms with E-state index in [2.05, 4.69) is 42.5 Å². The fraction of sp³-hybridized carbons (Fsp3) is 0.409. The SMILES string of the molecule is NC(=O)OC1c2ccc(-c3ccc(C4CC4)cc3)cc2CCC12CC2. The molecular formula is C22H23NO2. The Bertz CT molecular complexity index is 832. The van der Waals surface area contributed by atoms with Gasteiger partial charge in [0.2, 0.25) is 0 Å². The molecule has 1 spiro atoms. The lowest BCUT2D eigenvalue weighted by atomic mass is 9.78. The first kappa shape index (κ1) is 15.0. The van der Waals surface area contributed by atoms with E-state index in [4.69, 9.17) is 10.5 Å². The fourth-order valence-electron chi connectivity index (χ4n) is 4.44. The smallest absolute Gasteiger partial charge is 0.405 e. The van der Waals surface area contributed by atoms with Crippen LogP contribution in [0.4, 0.5) is 4.79 Å². The Morgan fingerprint density at radius 2 is 1.72 bits per heavy atom. The molecular weight excluding hydrogens is 310 g/mol. The average molecular weight is 333 g/mol. The molecule has 1 atom stereocenters. The van der Waals surface area contributed by atoms with Crippen molar-refractivity contribution in [1.29, 1.82) is 0 Å². The van der Waals surface area contributed by atoms with Crippen molar-refractivity contribution < 1.29 is 9.53 Å². The van der Waals surface area contributed by atoms with Crippen LogP contribution >= 0.6 is 0 Å². The number of carbonyl (C=O) groups is 1. The molecule has 0 bridgehead atoms. The molecule has 2 saturated carbocycles. The highest BCUT2D eigenvalue weighted by Crippen LogP contribution is 2.62. The van der Waals surface area contributed by atoms with E-state index in [9.17, 15) is 4.79 Å². The number of ether oxygens (including phenoxy) is 1. The third-order valence-electron chi connectivity index (χ3n) is 6.29. The van der Waals surface area contributed by atoms with Crippen LogP contribution in [0, 0.1) is 5.41 Å². The maximum absolute atomic E-state index is 11.4. The number of fused-ring (bicyclic) bond motifs is 1. The van der Waals surface area contributed by atoms with Gasteiger partial charge in [0, 0.05) is 5.41 Å². The van der Waals surface area contributed by atoms with Crippen molar-refractivity contribution in [2.24, 2.45) is 11.1 Å². The van der Waals surface area contributed by atoms with Gasteiger partial charge in [-0.1, -0.05) is 42.5 Å². The summed E-state index contributed by atoms with van der Waals surface area (Å²) in [6, 6.07) is 15.6. The van der Waals surface area contributed by atoms with Gasteiger partial charge in [-0.2, -0.15) is 0 Å². The van der Waals surface area contributed by atoms with Crippen LogP contribution < -0.4 is 5.73 Å². The number of hydrogen-bond acceptors (Lipinski definition) is 2. The van der Waals surface area contributed by atoms with Crippen LogP contribution in [0.5, 0.6) is 0 Å². The van der Waals surface area contributed by atoms with E-state index in [1.165, 1.54) is 35.1 Å². The van der Waals surface area contributed by atoms with Crippen LogP contribution in [0.3, 0.4) is 0 Å². The Labute approximate surface area is 148 Å². The number of carbonyl (C=O) groups excluding carboxylic acids is 1. The highest BCUT2D eigenvalue weighted by molar-refractivity contribution is 5.67. The molecule has 3 heteroatoms.